The lowest BCUT2D eigenvalue weighted by molar-refractivity contribution is 0.310. The Morgan fingerprint density at radius 3 is 2.68 bits per heavy atom. The molecule has 1 aliphatic carbocycles. The molecule has 0 unspecified atom stereocenters. The van der Waals surface area contributed by atoms with Gasteiger partial charge in [-0.3, -0.25) is 4.99 Å². The summed E-state index contributed by atoms with van der Waals surface area (Å²) in [5.74, 6) is 2.54. The molecule has 0 spiro atoms. The van der Waals surface area contributed by atoms with Crippen molar-refractivity contribution in [2.75, 3.05) is 27.3 Å². The number of ether oxygens (including phenoxy) is 2. The summed E-state index contributed by atoms with van der Waals surface area (Å²) in [6.45, 7) is 3.54. The second-order valence-electron chi connectivity index (χ2n) is 6.50. The number of aliphatic imine (C=N–C) groups is 1. The van der Waals surface area contributed by atoms with Crippen LogP contribution in [0.2, 0.25) is 0 Å². The van der Waals surface area contributed by atoms with E-state index >= 15 is 0 Å². The molecule has 1 saturated carbocycles. The van der Waals surface area contributed by atoms with Gasteiger partial charge < -0.3 is 20.1 Å². The zero-order chi connectivity index (χ0) is 17.9. The number of nitrogens with one attached hydrogen (secondary N) is 2. The Labute approximate surface area is 152 Å². The van der Waals surface area contributed by atoms with E-state index in [0.29, 0.717) is 12.6 Å². The first-order chi connectivity index (χ1) is 12.3. The molecule has 0 aliphatic heterocycles. The van der Waals surface area contributed by atoms with Crippen LogP contribution in [0.25, 0.3) is 0 Å². The fraction of sp³-hybridized carbons (Fsp3) is 0.650. The second-order valence-corrected chi connectivity index (χ2v) is 6.50. The molecule has 0 aromatic heterocycles. The van der Waals surface area contributed by atoms with Crippen LogP contribution in [-0.2, 0) is 6.42 Å². The molecule has 0 amide bonds. The van der Waals surface area contributed by atoms with Crippen LogP contribution >= 0.6 is 0 Å². The SMILES string of the molecule is CCOc1cc(CCCNC(=NC)NC2CCCCC2)ccc1OC. The first-order valence-electron chi connectivity index (χ1n) is 9.53. The van der Waals surface area contributed by atoms with Gasteiger partial charge in [0.25, 0.3) is 0 Å². The van der Waals surface area contributed by atoms with E-state index in [0.717, 1.165) is 36.8 Å². The van der Waals surface area contributed by atoms with Gasteiger partial charge in [-0.05, 0) is 50.3 Å². The molecule has 2 N–H and O–H groups in total. The molecule has 140 valence electrons. The third-order valence-electron chi connectivity index (χ3n) is 4.63. The lowest BCUT2D eigenvalue weighted by Gasteiger charge is -2.24. The smallest absolute Gasteiger partial charge is 0.191 e. The molecule has 0 saturated heterocycles. The molecule has 1 aromatic carbocycles. The molecule has 1 fully saturated rings. The molecule has 0 atom stereocenters. The van der Waals surface area contributed by atoms with Crippen molar-refractivity contribution in [3.05, 3.63) is 23.8 Å². The number of aryl methyl sites for hydroxylation is 1. The van der Waals surface area contributed by atoms with Crippen molar-refractivity contribution in [3.8, 4) is 11.5 Å². The van der Waals surface area contributed by atoms with Gasteiger partial charge >= 0.3 is 0 Å². The van der Waals surface area contributed by atoms with Crippen LogP contribution in [-0.4, -0.2) is 39.3 Å². The first kappa shape index (κ1) is 19.4. The molecular weight excluding hydrogens is 314 g/mol. The maximum Gasteiger partial charge on any atom is 0.191 e. The number of benzene rings is 1. The Kier molecular flexibility index (Phi) is 8.43. The van der Waals surface area contributed by atoms with Gasteiger partial charge in [-0.15, -0.1) is 0 Å². The zero-order valence-corrected chi connectivity index (χ0v) is 15.9. The van der Waals surface area contributed by atoms with E-state index < -0.39 is 0 Å². The van der Waals surface area contributed by atoms with E-state index in [9.17, 15) is 0 Å². The Morgan fingerprint density at radius 1 is 1.20 bits per heavy atom. The maximum absolute atomic E-state index is 5.65. The summed E-state index contributed by atoms with van der Waals surface area (Å²) in [6.07, 6.45) is 8.58. The van der Waals surface area contributed by atoms with E-state index in [4.69, 9.17) is 9.47 Å². The lowest BCUT2D eigenvalue weighted by atomic mass is 9.96. The Morgan fingerprint density at radius 2 is 2.00 bits per heavy atom. The zero-order valence-electron chi connectivity index (χ0n) is 15.9. The average Bonchev–Trinajstić information content (AvgIpc) is 2.65. The summed E-state index contributed by atoms with van der Waals surface area (Å²) in [4.78, 5) is 4.35. The molecule has 1 aliphatic rings. The molecule has 25 heavy (non-hydrogen) atoms. The van der Waals surface area contributed by atoms with Gasteiger partial charge in [0, 0.05) is 19.6 Å². The van der Waals surface area contributed by atoms with Crippen LogP contribution < -0.4 is 20.1 Å². The molecular formula is C20H33N3O2. The normalized spacial score (nSPS) is 15.7. The number of guanidine groups is 1. The van der Waals surface area contributed by atoms with Crippen molar-refractivity contribution in [1.82, 2.24) is 10.6 Å². The quantitative estimate of drug-likeness (QED) is 0.429. The minimum absolute atomic E-state index is 0.579. The molecule has 1 aromatic rings. The minimum Gasteiger partial charge on any atom is -0.493 e. The summed E-state index contributed by atoms with van der Waals surface area (Å²) >= 11 is 0. The maximum atomic E-state index is 5.65. The van der Waals surface area contributed by atoms with Crippen molar-refractivity contribution >= 4 is 5.96 Å². The number of hydrogen-bond acceptors (Lipinski definition) is 3. The molecule has 5 nitrogen and oxygen atoms in total. The van der Waals surface area contributed by atoms with Crippen LogP contribution in [0.4, 0.5) is 0 Å². The standard InChI is InChI=1S/C20H33N3O2/c1-4-25-19-15-16(12-13-18(19)24-3)9-8-14-22-20(21-2)23-17-10-6-5-7-11-17/h12-13,15,17H,4-11,14H2,1-3H3,(H2,21,22,23). The highest BCUT2D eigenvalue weighted by molar-refractivity contribution is 5.79. The number of methoxy groups -OCH3 is 1. The molecule has 2 rings (SSSR count). The highest BCUT2D eigenvalue weighted by Crippen LogP contribution is 2.28. The second kappa shape index (κ2) is 10.9. The van der Waals surface area contributed by atoms with Crippen molar-refractivity contribution in [2.45, 2.75) is 57.9 Å². The van der Waals surface area contributed by atoms with Gasteiger partial charge in [-0.25, -0.2) is 0 Å². The third kappa shape index (κ3) is 6.48. The summed E-state index contributed by atoms with van der Waals surface area (Å²) in [5, 5.41) is 6.98. The van der Waals surface area contributed by atoms with Gasteiger partial charge in [0.2, 0.25) is 0 Å². The van der Waals surface area contributed by atoms with Gasteiger partial charge in [0.05, 0.1) is 13.7 Å². The van der Waals surface area contributed by atoms with Gasteiger partial charge in [0.1, 0.15) is 0 Å². The predicted octanol–water partition coefficient (Wildman–Crippen LogP) is 3.52. The van der Waals surface area contributed by atoms with Gasteiger partial charge in [-0.2, -0.15) is 0 Å². The summed E-state index contributed by atoms with van der Waals surface area (Å²) in [7, 11) is 3.52. The monoisotopic (exact) mass is 347 g/mol. The van der Waals surface area contributed by atoms with Crippen LogP contribution in [0.3, 0.4) is 0 Å². The third-order valence-corrected chi connectivity index (χ3v) is 4.63. The molecule has 0 bridgehead atoms. The predicted molar refractivity (Wildman–Crippen MR) is 104 cm³/mol. The van der Waals surface area contributed by atoms with Crippen LogP contribution in [0.15, 0.2) is 23.2 Å². The van der Waals surface area contributed by atoms with Crippen molar-refractivity contribution < 1.29 is 9.47 Å². The van der Waals surface area contributed by atoms with Crippen molar-refractivity contribution in [1.29, 1.82) is 0 Å². The average molecular weight is 348 g/mol. The Hall–Kier alpha value is -1.91. The van der Waals surface area contributed by atoms with Crippen LogP contribution in [0, 0.1) is 0 Å². The van der Waals surface area contributed by atoms with E-state index in [1.165, 1.54) is 37.7 Å². The number of hydrogen-bond donors (Lipinski definition) is 2. The van der Waals surface area contributed by atoms with Gasteiger partial charge in [-0.1, -0.05) is 25.3 Å². The number of rotatable bonds is 8. The van der Waals surface area contributed by atoms with Crippen molar-refractivity contribution in [2.24, 2.45) is 4.99 Å². The minimum atomic E-state index is 0.579. The first-order valence-corrected chi connectivity index (χ1v) is 9.53. The summed E-state index contributed by atoms with van der Waals surface area (Å²) in [6, 6.07) is 6.75. The highest BCUT2D eigenvalue weighted by Gasteiger charge is 2.14. The van der Waals surface area contributed by atoms with E-state index in [-0.39, 0.29) is 0 Å². The van der Waals surface area contributed by atoms with E-state index in [1.54, 1.807) is 7.11 Å². The highest BCUT2D eigenvalue weighted by atomic mass is 16.5. The number of nitrogens with zero attached hydrogens (tertiary/aromatic N) is 1. The van der Waals surface area contributed by atoms with Gasteiger partial charge in [0.15, 0.2) is 17.5 Å². The van der Waals surface area contributed by atoms with Crippen LogP contribution in [0.5, 0.6) is 11.5 Å². The molecule has 0 radical (unpaired) electrons. The lowest BCUT2D eigenvalue weighted by Crippen LogP contribution is -2.44. The topological polar surface area (TPSA) is 54.9 Å². The Bertz CT molecular complexity index is 540. The van der Waals surface area contributed by atoms with Crippen molar-refractivity contribution in [3.63, 3.8) is 0 Å². The van der Waals surface area contributed by atoms with E-state index in [2.05, 4.69) is 27.8 Å². The van der Waals surface area contributed by atoms with E-state index in [1.807, 2.05) is 20.0 Å². The largest absolute Gasteiger partial charge is 0.493 e. The fourth-order valence-electron chi connectivity index (χ4n) is 3.28. The Balaban J connectivity index is 1.75. The molecule has 5 heteroatoms. The molecule has 0 heterocycles. The summed E-state index contributed by atoms with van der Waals surface area (Å²) < 4.78 is 11.0. The van der Waals surface area contributed by atoms with Crippen LogP contribution in [0.1, 0.15) is 51.0 Å². The fourth-order valence-corrected chi connectivity index (χ4v) is 3.28. The summed E-state index contributed by atoms with van der Waals surface area (Å²) in [5.41, 5.74) is 1.27.